The largest absolute Gasteiger partial charge is 0.388 e. The standard InChI is InChI=1S/C23H26O/c24-22(23-13-16-10-17(14-23)12-18(11-16)15-23)21-9-5-4-8-20(21)19-6-2-1-3-7-19/h1-9,16-18,22,24H,10-15H2. The fourth-order valence-electron chi connectivity index (χ4n) is 6.46. The Kier molecular flexibility index (Phi) is 3.35. The van der Waals surface area contributed by atoms with Crippen LogP contribution in [0.2, 0.25) is 0 Å². The van der Waals surface area contributed by atoms with Crippen molar-refractivity contribution in [3.05, 3.63) is 60.2 Å². The predicted octanol–water partition coefficient (Wildman–Crippen LogP) is 5.60. The van der Waals surface area contributed by atoms with Gasteiger partial charge in [-0.1, -0.05) is 54.6 Å². The highest BCUT2D eigenvalue weighted by Gasteiger charge is 2.54. The molecule has 1 atom stereocenters. The zero-order chi connectivity index (χ0) is 16.1. The number of hydrogen-bond donors (Lipinski definition) is 1. The first-order valence-corrected chi connectivity index (χ1v) is 9.56. The number of aliphatic hydroxyl groups excluding tert-OH is 1. The molecule has 0 radical (unpaired) electrons. The van der Waals surface area contributed by atoms with Crippen molar-refractivity contribution in [3.63, 3.8) is 0 Å². The van der Waals surface area contributed by atoms with Crippen LogP contribution in [-0.4, -0.2) is 5.11 Å². The number of rotatable bonds is 3. The minimum absolute atomic E-state index is 0.139. The van der Waals surface area contributed by atoms with Crippen LogP contribution in [0.25, 0.3) is 11.1 Å². The molecule has 0 amide bonds. The van der Waals surface area contributed by atoms with Crippen LogP contribution in [-0.2, 0) is 0 Å². The van der Waals surface area contributed by atoms with Crippen molar-refractivity contribution in [2.45, 2.75) is 44.6 Å². The molecule has 0 aromatic heterocycles. The summed E-state index contributed by atoms with van der Waals surface area (Å²) in [6.07, 6.45) is 7.67. The molecule has 1 unspecified atom stereocenters. The molecule has 0 saturated heterocycles. The van der Waals surface area contributed by atoms with Gasteiger partial charge < -0.3 is 5.11 Å². The number of hydrogen-bond acceptors (Lipinski definition) is 1. The first kappa shape index (κ1) is 14.7. The molecule has 4 aliphatic carbocycles. The Morgan fingerprint density at radius 3 is 1.92 bits per heavy atom. The predicted molar refractivity (Wildman–Crippen MR) is 97.4 cm³/mol. The minimum Gasteiger partial charge on any atom is -0.388 e. The van der Waals surface area contributed by atoms with Crippen LogP contribution in [0, 0.1) is 23.2 Å². The molecule has 4 aliphatic rings. The molecule has 2 aromatic carbocycles. The Morgan fingerprint density at radius 1 is 0.750 bits per heavy atom. The van der Waals surface area contributed by atoms with E-state index in [1.807, 2.05) is 0 Å². The van der Waals surface area contributed by atoms with Gasteiger partial charge in [-0.25, -0.2) is 0 Å². The van der Waals surface area contributed by atoms with Crippen molar-refractivity contribution in [2.24, 2.45) is 23.2 Å². The second-order valence-electron chi connectivity index (χ2n) is 8.64. The lowest BCUT2D eigenvalue weighted by atomic mass is 9.47. The van der Waals surface area contributed by atoms with Gasteiger partial charge in [0.1, 0.15) is 0 Å². The molecule has 6 rings (SSSR count). The lowest BCUT2D eigenvalue weighted by Crippen LogP contribution is -2.48. The van der Waals surface area contributed by atoms with Crippen LogP contribution < -0.4 is 0 Å². The van der Waals surface area contributed by atoms with Gasteiger partial charge in [-0.15, -0.1) is 0 Å². The van der Waals surface area contributed by atoms with Crippen molar-refractivity contribution in [2.75, 3.05) is 0 Å². The van der Waals surface area contributed by atoms with E-state index in [0.29, 0.717) is 0 Å². The summed E-state index contributed by atoms with van der Waals surface area (Å²) in [5.74, 6) is 2.61. The van der Waals surface area contributed by atoms with Crippen molar-refractivity contribution in [1.29, 1.82) is 0 Å². The van der Waals surface area contributed by atoms with E-state index in [1.165, 1.54) is 49.7 Å². The zero-order valence-electron chi connectivity index (χ0n) is 14.2. The van der Waals surface area contributed by atoms with Crippen molar-refractivity contribution in [1.82, 2.24) is 0 Å². The second kappa shape index (κ2) is 5.46. The lowest BCUT2D eigenvalue weighted by molar-refractivity contribution is -0.122. The van der Waals surface area contributed by atoms with Gasteiger partial charge >= 0.3 is 0 Å². The van der Waals surface area contributed by atoms with E-state index in [-0.39, 0.29) is 11.5 Å². The normalized spacial score (nSPS) is 35.1. The second-order valence-corrected chi connectivity index (χ2v) is 8.64. The van der Waals surface area contributed by atoms with Gasteiger partial charge in [0.2, 0.25) is 0 Å². The maximum atomic E-state index is 11.5. The first-order valence-electron chi connectivity index (χ1n) is 9.56. The molecule has 0 aliphatic heterocycles. The molecule has 24 heavy (non-hydrogen) atoms. The van der Waals surface area contributed by atoms with E-state index in [4.69, 9.17) is 0 Å². The highest BCUT2D eigenvalue weighted by Crippen LogP contribution is 2.64. The summed E-state index contributed by atoms with van der Waals surface area (Å²) in [6, 6.07) is 19.1. The van der Waals surface area contributed by atoms with Crippen molar-refractivity contribution >= 4 is 0 Å². The Balaban J connectivity index is 1.55. The minimum atomic E-state index is -0.317. The molecule has 1 heteroatoms. The number of aliphatic hydroxyl groups is 1. The Labute approximate surface area is 144 Å². The van der Waals surface area contributed by atoms with Gasteiger partial charge in [0.05, 0.1) is 6.10 Å². The van der Waals surface area contributed by atoms with Crippen molar-refractivity contribution < 1.29 is 5.11 Å². The Morgan fingerprint density at radius 2 is 1.29 bits per heavy atom. The van der Waals surface area contributed by atoms with Gasteiger partial charge in [0.25, 0.3) is 0 Å². The maximum Gasteiger partial charge on any atom is 0.0852 e. The van der Waals surface area contributed by atoms with Crippen LogP contribution in [0.1, 0.15) is 50.2 Å². The fraction of sp³-hybridized carbons (Fsp3) is 0.478. The van der Waals surface area contributed by atoms with Crippen LogP contribution in [0.15, 0.2) is 54.6 Å². The molecule has 4 saturated carbocycles. The highest BCUT2D eigenvalue weighted by molar-refractivity contribution is 5.67. The SMILES string of the molecule is OC(c1ccccc1-c1ccccc1)C12CC3CC(CC(C3)C1)C2. The van der Waals surface area contributed by atoms with Gasteiger partial charge in [-0.3, -0.25) is 0 Å². The summed E-state index contributed by atoms with van der Waals surface area (Å²) < 4.78 is 0. The fourth-order valence-corrected chi connectivity index (χ4v) is 6.46. The molecule has 2 aromatic rings. The summed E-state index contributed by atoms with van der Waals surface area (Å²) >= 11 is 0. The first-order chi connectivity index (χ1) is 11.7. The Bertz CT molecular complexity index is 697. The van der Waals surface area contributed by atoms with Crippen LogP contribution >= 0.6 is 0 Å². The molecule has 1 N–H and O–H groups in total. The van der Waals surface area contributed by atoms with Crippen LogP contribution in [0.3, 0.4) is 0 Å². The van der Waals surface area contributed by atoms with Gasteiger partial charge in [-0.2, -0.15) is 0 Å². The monoisotopic (exact) mass is 318 g/mol. The maximum absolute atomic E-state index is 11.5. The van der Waals surface area contributed by atoms with Crippen LogP contribution in [0.4, 0.5) is 0 Å². The average molecular weight is 318 g/mol. The van der Waals surface area contributed by atoms with E-state index in [9.17, 15) is 5.11 Å². The van der Waals surface area contributed by atoms with E-state index >= 15 is 0 Å². The average Bonchev–Trinajstić information content (AvgIpc) is 2.61. The molecule has 124 valence electrons. The van der Waals surface area contributed by atoms with E-state index in [2.05, 4.69) is 54.6 Å². The van der Waals surface area contributed by atoms with Crippen molar-refractivity contribution in [3.8, 4) is 11.1 Å². The number of benzene rings is 2. The lowest BCUT2D eigenvalue weighted by Gasteiger charge is -2.58. The molecular formula is C23H26O. The van der Waals surface area contributed by atoms with E-state index < -0.39 is 0 Å². The summed E-state index contributed by atoms with van der Waals surface area (Å²) in [5.41, 5.74) is 3.71. The summed E-state index contributed by atoms with van der Waals surface area (Å²) in [5, 5.41) is 11.5. The van der Waals surface area contributed by atoms with Gasteiger partial charge in [-0.05, 0) is 73.0 Å². The quantitative estimate of drug-likeness (QED) is 0.780. The third kappa shape index (κ3) is 2.25. The third-order valence-electron chi connectivity index (χ3n) is 7.01. The topological polar surface area (TPSA) is 20.2 Å². The molecule has 1 nitrogen and oxygen atoms in total. The van der Waals surface area contributed by atoms with Gasteiger partial charge in [0.15, 0.2) is 0 Å². The van der Waals surface area contributed by atoms with E-state index in [0.717, 1.165) is 23.3 Å². The summed E-state index contributed by atoms with van der Waals surface area (Å²) in [4.78, 5) is 0. The molecule has 0 spiro atoms. The molecule has 0 heterocycles. The zero-order valence-corrected chi connectivity index (χ0v) is 14.2. The molecule has 4 fully saturated rings. The summed E-state index contributed by atoms with van der Waals surface area (Å²) in [6.45, 7) is 0. The van der Waals surface area contributed by atoms with Gasteiger partial charge in [0, 0.05) is 5.41 Å². The van der Waals surface area contributed by atoms with Crippen LogP contribution in [0.5, 0.6) is 0 Å². The smallest absolute Gasteiger partial charge is 0.0852 e. The van der Waals surface area contributed by atoms with E-state index in [1.54, 1.807) is 0 Å². The third-order valence-corrected chi connectivity index (χ3v) is 7.01. The molecular weight excluding hydrogens is 292 g/mol. The Hall–Kier alpha value is -1.60. The summed E-state index contributed by atoms with van der Waals surface area (Å²) in [7, 11) is 0. The molecule has 4 bridgehead atoms. The highest BCUT2D eigenvalue weighted by atomic mass is 16.3.